The molecule has 0 saturated carbocycles. The molecule has 0 bridgehead atoms. The number of carbonyl (C=O) groups is 2. The van der Waals surface area contributed by atoms with E-state index in [1.54, 1.807) is 20.8 Å². The molecule has 0 aliphatic rings. The number of carbonyl (C=O) groups excluding carboxylic acids is 2. The Morgan fingerprint density at radius 2 is 1.90 bits per heavy atom. The molecule has 2 N–H and O–H groups in total. The summed E-state index contributed by atoms with van der Waals surface area (Å²) in [6, 6.07) is 2.34. The number of hydrogen-bond acceptors (Lipinski definition) is 5. The molecular formula is C14H18FNO4. The first-order valence-electron chi connectivity index (χ1n) is 6.02. The predicted octanol–water partition coefficient (Wildman–Crippen LogP) is 1.95. The number of methoxy groups -OCH3 is 1. The van der Waals surface area contributed by atoms with Gasteiger partial charge in [0.25, 0.3) is 0 Å². The molecule has 0 heterocycles. The van der Waals surface area contributed by atoms with Gasteiger partial charge in [-0.25, -0.2) is 14.0 Å². The van der Waals surface area contributed by atoms with E-state index < -0.39 is 29.4 Å². The first-order valence-corrected chi connectivity index (χ1v) is 6.02. The smallest absolute Gasteiger partial charge is 0.337 e. The third-order valence-electron chi connectivity index (χ3n) is 2.42. The molecule has 110 valence electrons. The third kappa shape index (κ3) is 4.03. The highest BCUT2D eigenvalue weighted by atomic mass is 19.1. The molecule has 5 nitrogen and oxygen atoms in total. The number of esters is 2. The first-order chi connectivity index (χ1) is 9.15. The Kier molecular flexibility index (Phi) is 4.83. The largest absolute Gasteiger partial charge is 0.465 e. The summed E-state index contributed by atoms with van der Waals surface area (Å²) < 4.78 is 23.5. The van der Waals surface area contributed by atoms with Gasteiger partial charge in [-0.05, 0) is 32.9 Å². The molecule has 6 heteroatoms. The molecule has 0 aromatic heterocycles. The summed E-state index contributed by atoms with van der Waals surface area (Å²) in [5.41, 5.74) is 4.97. The van der Waals surface area contributed by atoms with Gasteiger partial charge in [0.15, 0.2) is 0 Å². The van der Waals surface area contributed by atoms with Crippen molar-refractivity contribution < 1.29 is 23.5 Å². The van der Waals surface area contributed by atoms with Crippen molar-refractivity contribution in [2.75, 3.05) is 7.11 Å². The monoisotopic (exact) mass is 283 g/mol. The average molecular weight is 283 g/mol. The summed E-state index contributed by atoms with van der Waals surface area (Å²) in [5.74, 6) is -2.16. The Morgan fingerprint density at radius 1 is 1.30 bits per heavy atom. The van der Waals surface area contributed by atoms with Crippen LogP contribution in [-0.4, -0.2) is 24.6 Å². The van der Waals surface area contributed by atoms with Gasteiger partial charge in [-0.15, -0.1) is 0 Å². The normalized spacial score (nSPS) is 12.7. The minimum atomic E-state index is -1.25. The van der Waals surface area contributed by atoms with E-state index in [9.17, 15) is 14.0 Å². The average Bonchev–Trinajstić information content (AvgIpc) is 2.34. The molecule has 20 heavy (non-hydrogen) atoms. The number of benzene rings is 1. The molecule has 1 unspecified atom stereocenters. The molecule has 1 rings (SSSR count). The van der Waals surface area contributed by atoms with Crippen molar-refractivity contribution in [1.29, 1.82) is 0 Å². The fourth-order valence-electron chi connectivity index (χ4n) is 1.52. The van der Waals surface area contributed by atoms with E-state index in [1.807, 2.05) is 0 Å². The van der Waals surface area contributed by atoms with Crippen LogP contribution in [0.25, 0.3) is 0 Å². The van der Waals surface area contributed by atoms with Gasteiger partial charge in [-0.1, -0.05) is 6.07 Å². The van der Waals surface area contributed by atoms with Crippen LogP contribution in [0.5, 0.6) is 0 Å². The Hall–Kier alpha value is -1.95. The van der Waals surface area contributed by atoms with Crippen molar-refractivity contribution >= 4 is 11.9 Å². The number of halogens is 1. The van der Waals surface area contributed by atoms with E-state index >= 15 is 0 Å². The second-order valence-corrected chi connectivity index (χ2v) is 5.24. The predicted molar refractivity (Wildman–Crippen MR) is 70.5 cm³/mol. The maximum Gasteiger partial charge on any atom is 0.337 e. The van der Waals surface area contributed by atoms with Gasteiger partial charge < -0.3 is 15.2 Å². The van der Waals surface area contributed by atoms with E-state index in [4.69, 9.17) is 10.5 Å². The third-order valence-corrected chi connectivity index (χ3v) is 2.42. The molecule has 0 amide bonds. The maximum absolute atomic E-state index is 13.9. The van der Waals surface area contributed by atoms with Crippen LogP contribution >= 0.6 is 0 Å². The van der Waals surface area contributed by atoms with Gasteiger partial charge in [-0.2, -0.15) is 0 Å². The van der Waals surface area contributed by atoms with Gasteiger partial charge in [0.1, 0.15) is 17.5 Å². The topological polar surface area (TPSA) is 78.6 Å². The van der Waals surface area contributed by atoms with Crippen LogP contribution in [0.1, 0.15) is 42.7 Å². The van der Waals surface area contributed by atoms with E-state index in [2.05, 4.69) is 4.74 Å². The molecule has 0 aliphatic carbocycles. The van der Waals surface area contributed by atoms with Crippen LogP contribution in [-0.2, 0) is 14.3 Å². The van der Waals surface area contributed by atoms with E-state index in [0.29, 0.717) is 0 Å². The summed E-state index contributed by atoms with van der Waals surface area (Å²) in [6.45, 7) is 5.07. The van der Waals surface area contributed by atoms with Crippen molar-refractivity contribution in [2.24, 2.45) is 5.73 Å². The summed E-state index contributed by atoms with van der Waals surface area (Å²) >= 11 is 0. The fourth-order valence-corrected chi connectivity index (χ4v) is 1.52. The molecule has 1 aromatic carbocycles. The van der Waals surface area contributed by atoms with Gasteiger partial charge in [0.05, 0.1) is 12.7 Å². The highest BCUT2D eigenvalue weighted by Crippen LogP contribution is 2.20. The number of rotatable bonds is 3. The SMILES string of the molecule is COC(=O)c1ccc(C(N)C(=O)OC(C)(C)C)c(F)c1. The fraction of sp³-hybridized carbons (Fsp3) is 0.429. The van der Waals surface area contributed by atoms with Crippen LogP contribution < -0.4 is 5.73 Å². The second-order valence-electron chi connectivity index (χ2n) is 5.24. The molecular weight excluding hydrogens is 265 g/mol. The van der Waals surface area contributed by atoms with Gasteiger partial charge in [0.2, 0.25) is 0 Å². The lowest BCUT2D eigenvalue weighted by Gasteiger charge is -2.22. The van der Waals surface area contributed by atoms with Crippen LogP contribution in [0.4, 0.5) is 4.39 Å². The molecule has 0 radical (unpaired) electrons. The zero-order valence-corrected chi connectivity index (χ0v) is 11.9. The highest BCUT2D eigenvalue weighted by Gasteiger charge is 2.26. The lowest BCUT2D eigenvalue weighted by atomic mass is 10.0. The maximum atomic E-state index is 13.9. The zero-order valence-electron chi connectivity index (χ0n) is 11.9. The number of hydrogen-bond donors (Lipinski definition) is 1. The summed E-state index contributed by atoms with van der Waals surface area (Å²) in [5, 5.41) is 0. The minimum absolute atomic E-state index is 0.0353. The Balaban J connectivity index is 2.97. The molecule has 1 atom stereocenters. The van der Waals surface area contributed by atoms with Crippen LogP contribution in [0.2, 0.25) is 0 Å². The summed E-state index contributed by atoms with van der Waals surface area (Å²) in [4.78, 5) is 23.0. The van der Waals surface area contributed by atoms with Gasteiger partial charge >= 0.3 is 11.9 Å². The Labute approximate surface area is 116 Å². The van der Waals surface area contributed by atoms with Crippen LogP contribution in [0.15, 0.2) is 18.2 Å². The Bertz CT molecular complexity index is 522. The summed E-state index contributed by atoms with van der Waals surface area (Å²) in [7, 11) is 1.20. The standard InChI is InChI=1S/C14H18FNO4/c1-14(2,3)20-13(18)11(16)9-6-5-8(7-10(9)15)12(17)19-4/h5-7,11H,16H2,1-4H3. The molecule has 1 aromatic rings. The zero-order chi connectivity index (χ0) is 15.5. The number of ether oxygens (including phenoxy) is 2. The first kappa shape index (κ1) is 16.1. The highest BCUT2D eigenvalue weighted by molar-refractivity contribution is 5.89. The van der Waals surface area contributed by atoms with E-state index in [0.717, 1.165) is 6.07 Å². The molecule has 0 aliphatic heterocycles. The lowest BCUT2D eigenvalue weighted by molar-refractivity contribution is -0.156. The summed E-state index contributed by atoms with van der Waals surface area (Å²) in [6.07, 6.45) is 0. The number of nitrogens with two attached hydrogens (primary N) is 1. The van der Waals surface area contributed by atoms with Gasteiger partial charge in [0, 0.05) is 5.56 Å². The van der Waals surface area contributed by atoms with Crippen molar-refractivity contribution in [3.63, 3.8) is 0 Å². The van der Waals surface area contributed by atoms with Crippen molar-refractivity contribution in [3.05, 3.63) is 35.1 Å². The molecule has 0 saturated heterocycles. The van der Waals surface area contributed by atoms with Gasteiger partial charge in [-0.3, -0.25) is 0 Å². The molecule has 0 spiro atoms. The Morgan fingerprint density at radius 3 is 2.35 bits per heavy atom. The minimum Gasteiger partial charge on any atom is -0.465 e. The van der Waals surface area contributed by atoms with Crippen molar-refractivity contribution in [3.8, 4) is 0 Å². The van der Waals surface area contributed by atoms with Crippen LogP contribution in [0.3, 0.4) is 0 Å². The van der Waals surface area contributed by atoms with Crippen molar-refractivity contribution in [2.45, 2.75) is 32.4 Å². The van der Waals surface area contributed by atoms with Crippen molar-refractivity contribution in [1.82, 2.24) is 0 Å². The second kappa shape index (κ2) is 6.00. The molecule has 0 fully saturated rings. The quantitative estimate of drug-likeness (QED) is 0.858. The van der Waals surface area contributed by atoms with Crippen LogP contribution in [0, 0.1) is 5.82 Å². The van der Waals surface area contributed by atoms with E-state index in [1.165, 1.54) is 19.2 Å². The lowest BCUT2D eigenvalue weighted by Crippen LogP contribution is -2.32. The van der Waals surface area contributed by atoms with E-state index in [-0.39, 0.29) is 11.1 Å².